The Kier molecular flexibility index (Phi) is 7.60. The minimum Gasteiger partial charge on any atom is -0.354 e. The normalized spacial score (nSPS) is 22.8. The largest absolute Gasteiger partial charge is 0.354 e. The Labute approximate surface area is 191 Å². The number of hydrogen-bond acceptors (Lipinski definition) is 5. The first kappa shape index (κ1) is 23.0. The molecule has 0 radical (unpaired) electrons. The van der Waals surface area contributed by atoms with Gasteiger partial charge in [0.1, 0.15) is 6.04 Å². The minimum atomic E-state index is -3.00. The van der Waals surface area contributed by atoms with E-state index in [1.165, 1.54) is 5.56 Å². The number of nitrogens with zero attached hydrogens (tertiary/aromatic N) is 2. The predicted octanol–water partition coefficient (Wildman–Crippen LogP) is 2.49. The van der Waals surface area contributed by atoms with Gasteiger partial charge >= 0.3 is 0 Å². The molecule has 0 bridgehead atoms. The summed E-state index contributed by atoms with van der Waals surface area (Å²) >= 11 is 0. The second-order valence-electron chi connectivity index (χ2n) is 8.98. The monoisotopic (exact) mass is 455 g/mol. The third-order valence-corrected chi connectivity index (χ3v) is 8.13. The third-order valence-electron chi connectivity index (χ3n) is 6.52. The van der Waals surface area contributed by atoms with E-state index < -0.39 is 15.9 Å². The molecule has 2 unspecified atom stereocenters. The summed E-state index contributed by atoms with van der Waals surface area (Å²) in [5.74, 6) is 0.617. The van der Waals surface area contributed by atoms with Gasteiger partial charge < -0.3 is 5.32 Å². The van der Waals surface area contributed by atoms with Crippen LogP contribution in [0.3, 0.4) is 0 Å². The first-order chi connectivity index (χ1) is 15.5. The van der Waals surface area contributed by atoms with E-state index in [9.17, 15) is 13.2 Å². The molecule has 6 nitrogen and oxygen atoms in total. The van der Waals surface area contributed by atoms with E-state index in [4.69, 9.17) is 0 Å². The van der Waals surface area contributed by atoms with Gasteiger partial charge in [0, 0.05) is 32.7 Å². The van der Waals surface area contributed by atoms with Crippen molar-refractivity contribution in [2.45, 2.75) is 25.4 Å². The Morgan fingerprint density at radius 3 is 2.31 bits per heavy atom. The van der Waals surface area contributed by atoms with Gasteiger partial charge in [0.05, 0.1) is 11.5 Å². The molecule has 0 aromatic heterocycles. The van der Waals surface area contributed by atoms with Crippen LogP contribution in [0.25, 0.3) is 0 Å². The second-order valence-corrected chi connectivity index (χ2v) is 11.3. The zero-order valence-electron chi connectivity index (χ0n) is 18.5. The lowest BCUT2D eigenvalue weighted by Crippen LogP contribution is -2.49. The lowest BCUT2D eigenvalue weighted by Gasteiger charge is -2.35. The SMILES string of the molecule is O=C(NCC1CCCN(Cc2ccccc2)C1)C(c1ccccc1)N1CCS(=O)(=O)CC1. The van der Waals surface area contributed by atoms with Crippen LogP contribution in [0.2, 0.25) is 0 Å². The Balaban J connectivity index is 1.36. The summed E-state index contributed by atoms with van der Waals surface area (Å²) in [6.07, 6.45) is 2.25. The zero-order chi connectivity index (χ0) is 22.4. The Hall–Kier alpha value is -2.22. The number of amides is 1. The van der Waals surface area contributed by atoms with Crippen LogP contribution in [0.15, 0.2) is 60.7 Å². The Morgan fingerprint density at radius 2 is 1.62 bits per heavy atom. The lowest BCUT2D eigenvalue weighted by molar-refractivity contribution is -0.127. The van der Waals surface area contributed by atoms with Crippen molar-refractivity contribution in [3.8, 4) is 0 Å². The first-order valence-electron chi connectivity index (χ1n) is 11.5. The maximum atomic E-state index is 13.3. The average molecular weight is 456 g/mol. The van der Waals surface area contributed by atoms with Crippen molar-refractivity contribution in [3.63, 3.8) is 0 Å². The van der Waals surface area contributed by atoms with E-state index in [0.29, 0.717) is 25.6 Å². The summed E-state index contributed by atoms with van der Waals surface area (Å²) in [4.78, 5) is 17.8. The van der Waals surface area contributed by atoms with Gasteiger partial charge in [-0.2, -0.15) is 0 Å². The standard InChI is InChI=1S/C25H33N3O3S/c29-25(24(23-11-5-2-6-12-23)28-14-16-32(30,31)17-15-28)26-18-22-10-7-13-27(20-22)19-21-8-3-1-4-9-21/h1-6,8-9,11-12,22,24H,7,10,13-20H2,(H,26,29). The summed E-state index contributed by atoms with van der Waals surface area (Å²) in [6.45, 7) is 4.45. The zero-order valence-corrected chi connectivity index (χ0v) is 19.3. The van der Waals surface area contributed by atoms with E-state index in [1.807, 2.05) is 41.3 Å². The smallest absolute Gasteiger partial charge is 0.241 e. The number of carbonyl (C=O) groups excluding carboxylic acids is 1. The van der Waals surface area contributed by atoms with Crippen molar-refractivity contribution in [2.24, 2.45) is 5.92 Å². The van der Waals surface area contributed by atoms with Crippen molar-refractivity contribution in [3.05, 3.63) is 71.8 Å². The molecule has 2 heterocycles. The van der Waals surface area contributed by atoms with Crippen LogP contribution in [-0.4, -0.2) is 68.4 Å². The quantitative estimate of drug-likeness (QED) is 0.695. The summed E-state index contributed by atoms with van der Waals surface area (Å²) < 4.78 is 23.8. The van der Waals surface area contributed by atoms with Crippen LogP contribution in [0.5, 0.6) is 0 Å². The van der Waals surface area contributed by atoms with Crippen molar-refractivity contribution < 1.29 is 13.2 Å². The number of nitrogens with one attached hydrogen (secondary N) is 1. The molecule has 2 fully saturated rings. The molecule has 32 heavy (non-hydrogen) atoms. The molecule has 1 amide bonds. The highest BCUT2D eigenvalue weighted by Crippen LogP contribution is 2.24. The molecular formula is C25H33N3O3S. The first-order valence-corrected chi connectivity index (χ1v) is 13.4. The summed E-state index contributed by atoms with van der Waals surface area (Å²) in [5, 5.41) is 3.20. The van der Waals surface area contributed by atoms with Crippen LogP contribution >= 0.6 is 0 Å². The molecule has 2 aromatic carbocycles. The number of sulfone groups is 1. The fraction of sp³-hybridized carbons (Fsp3) is 0.480. The minimum absolute atomic E-state index is 0.0318. The van der Waals surface area contributed by atoms with Gasteiger partial charge in [0.15, 0.2) is 9.84 Å². The summed E-state index contributed by atoms with van der Waals surface area (Å²) in [6, 6.07) is 19.8. The highest BCUT2D eigenvalue weighted by Gasteiger charge is 2.33. The number of hydrogen-bond donors (Lipinski definition) is 1. The molecule has 2 atom stereocenters. The maximum absolute atomic E-state index is 13.3. The molecule has 2 aromatic rings. The predicted molar refractivity (Wildman–Crippen MR) is 127 cm³/mol. The topological polar surface area (TPSA) is 69.7 Å². The van der Waals surface area contributed by atoms with E-state index in [2.05, 4.69) is 34.5 Å². The number of piperidine rings is 1. The molecule has 2 saturated heterocycles. The van der Waals surface area contributed by atoms with Gasteiger partial charge in [-0.25, -0.2) is 8.42 Å². The van der Waals surface area contributed by atoms with Crippen molar-refractivity contribution in [1.29, 1.82) is 0 Å². The number of likely N-dealkylation sites (tertiary alicyclic amines) is 1. The second kappa shape index (κ2) is 10.6. The molecule has 0 spiro atoms. The van der Waals surface area contributed by atoms with E-state index in [1.54, 1.807) is 0 Å². The maximum Gasteiger partial charge on any atom is 0.241 e. The van der Waals surface area contributed by atoms with E-state index in [0.717, 1.165) is 38.0 Å². The van der Waals surface area contributed by atoms with Gasteiger partial charge in [-0.15, -0.1) is 0 Å². The van der Waals surface area contributed by atoms with Gasteiger partial charge in [-0.1, -0.05) is 60.7 Å². The van der Waals surface area contributed by atoms with Crippen molar-refractivity contribution >= 4 is 15.7 Å². The van der Waals surface area contributed by atoms with Crippen LogP contribution in [0.1, 0.15) is 30.0 Å². The molecule has 2 aliphatic rings. The molecule has 4 rings (SSSR count). The van der Waals surface area contributed by atoms with Crippen LogP contribution < -0.4 is 5.32 Å². The fourth-order valence-corrected chi connectivity index (χ4v) is 6.02. The average Bonchev–Trinajstić information content (AvgIpc) is 2.81. The van der Waals surface area contributed by atoms with Gasteiger partial charge in [-0.05, 0) is 36.4 Å². The number of benzene rings is 2. The summed E-state index contributed by atoms with van der Waals surface area (Å²) in [5.41, 5.74) is 2.24. The number of carbonyl (C=O) groups is 1. The molecular weight excluding hydrogens is 422 g/mol. The Morgan fingerprint density at radius 1 is 0.969 bits per heavy atom. The van der Waals surface area contributed by atoms with Gasteiger partial charge in [0.25, 0.3) is 0 Å². The molecule has 172 valence electrons. The third kappa shape index (κ3) is 6.18. The van der Waals surface area contributed by atoms with Gasteiger partial charge in [0.2, 0.25) is 5.91 Å². The van der Waals surface area contributed by atoms with Gasteiger partial charge in [-0.3, -0.25) is 14.6 Å². The van der Waals surface area contributed by atoms with Crippen LogP contribution in [0, 0.1) is 5.92 Å². The molecule has 1 N–H and O–H groups in total. The van der Waals surface area contributed by atoms with E-state index in [-0.39, 0.29) is 17.4 Å². The molecule has 7 heteroatoms. The molecule has 2 aliphatic heterocycles. The van der Waals surface area contributed by atoms with E-state index >= 15 is 0 Å². The van der Waals surface area contributed by atoms with Crippen molar-refractivity contribution in [1.82, 2.24) is 15.1 Å². The molecule has 0 aliphatic carbocycles. The van der Waals surface area contributed by atoms with Crippen molar-refractivity contribution in [2.75, 3.05) is 44.2 Å². The molecule has 0 saturated carbocycles. The number of rotatable bonds is 7. The van der Waals surface area contributed by atoms with Crippen LogP contribution in [0.4, 0.5) is 0 Å². The fourth-order valence-electron chi connectivity index (χ4n) is 4.79. The highest BCUT2D eigenvalue weighted by atomic mass is 32.2. The van der Waals surface area contributed by atoms with Crippen LogP contribution in [-0.2, 0) is 21.2 Å². The lowest BCUT2D eigenvalue weighted by atomic mass is 9.97. The summed E-state index contributed by atoms with van der Waals surface area (Å²) in [7, 11) is -3.00. The highest BCUT2D eigenvalue weighted by molar-refractivity contribution is 7.91. The Bertz CT molecular complexity index is 968.